The molecular weight excluding hydrogens is 513 g/mol. The number of ether oxygens (including phenoxy) is 2. The number of nitrogens with two attached hydrogens (primary N) is 1. The lowest BCUT2D eigenvalue weighted by Gasteiger charge is -2.38. The average molecular weight is 548 g/mol. The van der Waals surface area contributed by atoms with Crippen LogP contribution in [0.5, 0.6) is 11.5 Å². The number of H-pyrrole nitrogens is 1. The van der Waals surface area contributed by atoms with E-state index >= 15 is 0 Å². The molecular formula is C29H34FN7O3. The number of halogens is 1. The fraction of sp³-hybridized carbons (Fsp3) is 0.310. The van der Waals surface area contributed by atoms with Crippen LogP contribution in [0.15, 0.2) is 48.8 Å². The number of hydrogen-bond acceptors (Lipinski definition) is 8. The van der Waals surface area contributed by atoms with Gasteiger partial charge in [0.15, 0.2) is 0 Å². The number of amides is 1. The van der Waals surface area contributed by atoms with Gasteiger partial charge in [0.1, 0.15) is 23.1 Å². The molecule has 2 aromatic carbocycles. The maximum Gasteiger partial charge on any atom is 0.253 e. The van der Waals surface area contributed by atoms with Gasteiger partial charge >= 0.3 is 0 Å². The van der Waals surface area contributed by atoms with Crippen molar-refractivity contribution >= 4 is 45.4 Å². The summed E-state index contributed by atoms with van der Waals surface area (Å²) in [5, 5.41) is 7.28. The molecule has 210 valence electrons. The quantitative estimate of drug-likeness (QED) is 0.235. The minimum atomic E-state index is -0.858. The number of carbonyl (C=O) groups excluding carboxylic acids is 1. The van der Waals surface area contributed by atoms with Gasteiger partial charge in [0.25, 0.3) is 5.91 Å². The van der Waals surface area contributed by atoms with E-state index in [1.807, 2.05) is 18.2 Å². The number of hydrogen-bond donors (Lipinski definition) is 4. The van der Waals surface area contributed by atoms with Crippen LogP contribution in [0.2, 0.25) is 0 Å². The van der Waals surface area contributed by atoms with E-state index in [-0.39, 0.29) is 11.3 Å². The van der Waals surface area contributed by atoms with Gasteiger partial charge in [-0.2, -0.15) is 0 Å². The minimum Gasteiger partial charge on any atom is -0.494 e. The van der Waals surface area contributed by atoms with Crippen LogP contribution >= 0.6 is 0 Å². The van der Waals surface area contributed by atoms with Gasteiger partial charge in [0.05, 0.1) is 60.4 Å². The molecule has 5 N–H and O–H groups in total. The Bertz CT molecular complexity index is 1530. The maximum absolute atomic E-state index is 14.3. The topological polar surface area (TPSA) is 121 Å². The molecule has 1 saturated heterocycles. The highest BCUT2D eigenvalue weighted by atomic mass is 19.1. The summed E-state index contributed by atoms with van der Waals surface area (Å²) in [7, 11) is 3.30. The second-order valence-corrected chi connectivity index (χ2v) is 9.95. The summed E-state index contributed by atoms with van der Waals surface area (Å²) in [5.41, 5.74) is 8.49. The van der Waals surface area contributed by atoms with Crippen molar-refractivity contribution in [3.05, 3.63) is 60.2 Å². The van der Waals surface area contributed by atoms with Crippen LogP contribution in [-0.4, -0.2) is 67.2 Å². The summed E-state index contributed by atoms with van der Waals surface area (Å²) >= 11 is 0. The summed E-state index contributed by atoms with van der Waals surface area (Å²) in [5.74, 6) is 0.539. The molecule has 0 radical (unpaired) electrons. The number of aromatic amines is 1. The number of methoxy groups -OCH3 is 2. The lowest BCUT2D eigenvalue weighted by molar-refractivity contribution is 0.0997. The van der Waals surface area contributed by atoms with Crippen LogP contribution in [-0.2, 0) is 0 Å². The number of rotatable bonds is 9. The Morgan fingerprint density at radius 1 is 1.00 bits per heavy atom. The van der Waals surface area contributed by atoms with Gasteiger partial charge < -0.3 is 35.7 Å². The fourth-order valence-electron chi connectivity index (χ4n) is 5.09. The lowest BCUT2D eigenvalue weighted by Crippen LogP contribution is -2.49. The third kappa shape index (κ3) is 5.32. The highest BCUT2D eigenvalue weighted by Gasteiger charge is 2.23. The molecule has 0 unspecified atom stereocenters. The zero-order valence-electron chi connectivity index (χ0n) is 23.0. The van der Waals surface area contributed by atoms with Crippen molar-refractivity contribution in [1.29, 1.82) is 0 Å². The fourth-order valence-corrected chi connectivity index (χ4v) is 5.09. The van der Waals surface area contributed by atoms with E-state index in [0.29, 0.717) is 23.3 Å². The number of benzene rings is 2. The Balaban J connectivity index is 1.43. The van der Waals surface area contributed by atoms with Gasteiger partial charge in [0.2, 0.25) is 0 Å². The molecule has 1 fully saturated rings. The third-order valence-corrected chi connectivity index (χ3v) is 7.23. The number of carbonyl (C=O) groups is 1. The predicted molar refractivity (Wildman–Crippen MR) is 156 cm³/mol. The third-order valence-electron chi connectivity index (χ3n) is 7.23. The standard InChI is InChI=1S/C29H34FN7O3/c1-17(2)36-8-10-37(11-9-36)24-14-25(39-3)21(13-26(24)40-4)34-27-12-18-22(15-32-16-23(18)35-27)33-20-7-5-6-19(30)28(20)29(31)38/h5-7,12-17,33-35H,8-11H2,1-4H3,(H2,31,38). The molecule has 1 amide bonds. The van der Waals surface area contributed by atoms with Gasteiger partial charge in [-0.05, 0) is 32.0 Å². The summed E-state index contributed by atoms with van der Waals surface area (Å²) in [6.07, 6.45) is 3.29. The molecule has 4 aromatic rings. The van der Waals surface area contributed by atoms with Gasteiger partial charge in [-0.25, -0.2) is 4.39 Å². The molecule has 0 bridgehead atoms. The van der Waals surface area contributed by atoms with Crippen molar-refractivity contribution in [2.75, 3.05) is 55.9 Å². The smallest absolute Gasteiger partial charge is 0.253 e. The Hall–Kier alpha value is -4.51. The Morgan fingerprint density at radius 3 is 2.42 bits per heavy atom. The van der Waals surface area contributed by atoms with E-state index in [1.54, 1.807) is 32.7 Å². The molecule has 0 saturated carbocycles. The van der Waals surface area contributed by atoms with Crippen LogP contribution in [0.3, 0.4) is 0 Å². The maximum atomic E-state index is 14.3. The van der Waals surface area contributed by atoms with Crippen molar-refractivity contribution in [1.82, 2.24) is 14.9 Å². The van der Waals surface area contributed by atoms with Crippen LogP contribution in [0, 0.1) is 5.82 Å². The number of aromatic nitrogens is 2. The molecule has 11 heteroatoms. The van der Waals surface area contributed by atoms with Gasteiger partial charge in [-0.1, -0.05) is 6.07 Å². The number of primary amides is 1. The number of fused-ring (bicyclic) bond motifs is 1. The Kier molecular flexibility index (Phi) is 7.65. The first-order valence-electron chi connectivity index (χ1n) is 13.1. The van der Waals surface area contributed by atoms with Crippen molar-refractivity contribution in [2.45, 2.75) is 19.9 Å². The summed E-state index contributed by atoms with van der Waals surface area (Å²) in [6, 6.07) is 10.6. The number of piperazine rings is 1. The molecule has 3 heterocycles. The number of nitrogens with zero attached hydrogens (tertiary/aromatic N) is 3. The first kappa shape index (κ1) is 27.1. The SMILES string of the molecule is COc1cc(N2CCN(C(C)C)CC2)c(OC)cc1Nc1cc2c(Nc3cccc(F)c3C(N)=O)cncc2[nH]1. The zero-order valence-corrected chi connectivity index (χ0v) is 23.0. The van der Waals surface area contributed by atoms with E-state index in [2.05, 4.69) is 44.2 Å². The molecule has 0 spiro atoms. The Labute approximate surface area is 232 Å². The minimum absolute atomic E-state index is 0.212. The lowest BCUT2D eigenvalue weighted by atomic mass is 10.1. The van der Waals surface area contributed by atoms with Crippen LogP contribution in [0.25, 0.3) is 10.9 Å². The predicted octanol–water partition coefficient (Wildman–Crippen LogP) is 4.84. The molecule has 40 heavy (non-hydrogen) atoms. The number of anilines is 5. The van der Waals surface area contributed by atoms with Crippen LogP contribution < -0.4 is 30.7 Å². The van der Waals surface area contributed by atoms with E-state index in [9.17, 15) is 9.18 Å². The average Bonchev–Trinajstić information content (AvgIpc) is 3.36. The van der Waals surface area contributed by atoms with Crippen LogP contribution in [0.1, 0.15) is 24.2 Å². The zero-order chi connectivity index (χ0) is 28.4. The molecule has 5 rings (SSSR count). The van der Waals surface area contributed by atoms with Crippen molar-refractivity contribution in [2.24, 2.45) is 5.73 Å². The van der Waals surface area contributed by atoms with Crippen molar-refractivity contribution < 1.29 is 18.7 Å². The van der Waals surface area contributed by atoms with E-state index < -0.39 is 11.7 Å². The van der Waals surface area contributed by atoms with Gasteiger partial charge in [-0.15, -0.1) is 0 Å². The first-order chi connectivity index (χ1) is 19.3. The largest absolute Gasteiger partial charge is 0.494 e. The summed E-state index contributed by atoms with van der Waals surface area (Å²) in [4.78, 5) is 24.2. The van der Waals surface area contributed by atoms with E-state index in [0.717, 1.165) is 54.2 Å². The highest BCUT2D eigenvalue weighted by molar-refractivity contribution is 6.02. The van der Waals surface area contributed by atoms with E-state index in [1.165, 1.54) is 12.1 Å². The number of nitrogens with one attached hydrogen (secondary N) is 3. The van der Waals surface area contributed by atoms with E-state index in [4.69, 9.17) is 15.2 Å². The molecule has 2 aromatic heterocycles. The molecule has 0 atom stereocenters. The van der Waals surface area contributed by atoms with Crippen LogP contribution in [0.4, 0.5) is 33.0 Å². The molecule has 0 aliphatic carbocycles. The normalized spacial score (nSPS) is 14.0. The number of pyridine rings is 1. The highest BCUT2D eigenvalue weighted by Crippen LogP contribution is 2.41. The second-order valence-electron chi connectivity index (χ2n) is 9.95. The Morgan fingerprint density at radius 2 is 1.75 bits per heavy atom. The molecule has 1 aliphatic heterocycles. The van der Waals surface area contributed by atoms with Crippen molar-refractivity contribution in [3.63, 3.8) is 0 Å². The molecule has 10 nitrogen and oxygen atoms in total. The summed E-state index contributed by atoms with van der Waals surface area (Å²) < 4.78 is 25.8. The summed E-state index contributed by atoms with van der Waals surface area (Å²) in [6.45, 7) is 8.21. The first-order valence-corrected chi connectivity index (χ1v) is 13.1. The van der Waals surface area contributed by atoms with Gasteiger partial charge in [-0.3, -0.25) is 14.7 Å². The second kappa shape index (κ2) is 11.3. The van der Waals surface area contributed by atoms with Crippen molar-refractivity contribution in [3.8, 4) is 11.5 Å². The molecule has 1 aliphatic rings. The van der Waals surface area contributed by atoms with Gasteiger partial charge in [0, 0.05) is 49.7 Å². The monoisotopic (exact) mass is 547 g/mol.